The summed E-state index contributed by atoms with van der Waals surface area (Å²) in [6.45, 7) is 1.91. The van der Waals surface area contributed by atoms with E-state index in [1.807, 2.05) is 0 Å². The summed E-state index contributed by atoms with van der Waals surface area (Å²) in [4.78, 5) is 10.1. The van der Waals surface area contributed by atoms with Gasteiger partial charge in [-0.15, -0.1) is 0 Å². The van der Waals surface area contributed by atoms with Crippen molar-refractivity contribution >= 4 is 17.3 Å². The molecule has 0 aliphatic carbocycles. The number of nitro groups is 1. The first-order valence-corrected chi connectivity index (χ1v) is 6.17. The van der Waals surface area contributed by atoms with Crippen LogP contribution in [0.5, 0.6) is 5.75 Å². The Bertz CT molecular complexity index is 661. The van der Waals surface area contributed by atoms with Crippen LogP contribution in [0, 0.1) is 22.9 Å². The molecule has 0 aliphatic heterocycles. The molecule has 0 fully saturated rings. The third-order valence-electron chi connectivity index (χ3n) is 2.78. The van der Waals surface area contributed by atoms with E-state index >= 15 is 0 Å². The lowest BCUT2D eigenvalue weighted by Gasteiger charge is -2.10. The number of rotatable bonds is 4. The molecule has 0 heterocycles. The highest BCUT2D eigenvalue weighted by Gasteiger charge is 2.10. The molecule has 0 aromatic heterocycles. The van der Waals surface area contributed by atoms with Crippen molar-refractivity contribution in [2.24, 2.45) is 0 Å². The predicted molar refractivity (Wildman–Crippen MR) is 73.6 cm³/mol. The molecule has 0 atom stereocenters. The number of aryl methyl sites for hydroxylation is 1. The number of non-ortho nitro benzene ring substituents is 1. The maximum atomic E-state index is 13.1. The number of hydrogen-bond acceptors (Lipinski definition) is 3. The smallest absolute Gasteiger partial charge is 0.270 e. The standard InChI is InChI=1S/C14H11ClFNO3/c1-9-2-4-11(16)6-14(9)20-8-10-3-5-12(17(18)19)7-13(10)15/h2-7H,8H2,1H3. The highest BCUT2D eigenvalue weighted by molar-refractivity contribution is 6.31. The summed E-state index contributed by atoms with van der Waals surface area (Å²) in [6.07, 6.45) is 0. The first kappa shape index (κ1) is 14.3. The van der Waals surface area contributed by atoms with E-state index in [0.717, 1.165) is 5.56 Å². The number of halogens is 2. The van der Waals surface area contributed by atoms with Gasteiger partial charge in [-0.3, -0.25) is 10.1 Å². The minimum atomic E-state index is -0.521. The van der Waals surface area contributed by atoms with Gasteiger partial charge in [-0.05, 0) is 24.6 Å². The number of ether oxygens (including phenoxy) is 1. The van der Waals surface area contributed by atoms with Crippen LogP contribution in [0.25, 0.3) is 0 Å². The van der Waals surface area contributed by atoms with Crippen LogP contribution in [0.15, 0.2) is 36.4 Å². The van der Waals surface area contributed by atoms with E-state index in [2.05, 4.69) is 0 Å². The van der Waals surface area contributed by atoms with Crippen molar-refractivity contribution in [2.75, 3.05) is 0 Å². The van der Waals surface area contributed by atoms with Gasteiger partial charge in [-0.25, -0.2) is 4.39 Å². The van der Waals surface area contributed by atoms with Gasteiger partial charge < -0.3 is 4.74 Å². The SMILES string of the molecule is Cc1ccc(F)cc1OCc1ccc([N+](=O)[O-])cc1Cl. The van der Waals surface area contributed by atoms with Gasteiger partial charge >= 0.3 is 0 Å². The number of benzene rings is 2. The van der Waals surface area contributed by atoms with E-state index in [9.17, 15) is 14.5 Å². The molecular formula is C14H11ClFNO3. The fourth-order valence-electron chi connectivity index (χ4n) is 1.65. The quantitative estimate of drug-likeness (QED) is 0.625. The Morgan fingerprint density at radius 3 is 2.70 bits per heavy atom. The van der Waals surface area contributed by atoms with Gasteiger partial charge in [-0.2, -0.15) is 0 Å². The molecule has 6 heteroatoms. The van der Waals surface area contributed by atoms with Crippen molar-refractivity contribution in [2.45, 2.75) is 13.5 Å². The van der Waals surface area contributed by atoms with Crippen molar-refractivity contribution in [1.82, 2.24) is 0 Å². The maximum absolute atomic E-state index is 13.1. The minimum absolute atomic E-state index is 0.0827. The van der Waals surface area contributed by atoms with Gasteiger partial charge in [0.05, 0.1) is 9.95 Å². The Balaban J connectivity index is 2.15. The monoisotopic (exact) mass is 295 g/mol. The van der Waals surface area contributed by atoms with Gasteiger partial charge in [0.15, 0.2) is 0 Å². The highest BCUT2D eigenvalue weighted by Crippen LogP contribution is 2.25. The predicted octanol–water partition coefficient (Wildman–Crippen LogP) is 4.27. The van der Waals surface area contributed by atoms with Crippen molar-refractivity contribution in [1.29, 1.82) is 0 Å². The fraction of sp³-hybridized carbons (Fsp3) is 0.143. The molecule has 2 rings (SSSR count). The molecule has 0 amide bonds. The van der Waals surface area contributed by atoms with Crippen molar-refractivity contribution < 1.29 is 14.1 Å². The van der Waals surface area contributed by atoms with Crippen LogP contribution in [-0.2, 0) is 6.61 Å². The Morgan fingerprint density at radius 1 is 1.30 bits per heavy atom. The third-order valence-corrected chi connectivity index (χ3v) is 3.13. The molecule has 0 spiro atoms. The van der Waals surface area contributed by atoms with Gasteiger partial charge in [0.2, 0.25) is 0 Å². The largest absolute Gasteiger partial charge is 0.488 e. The van der Waals surface area contributed by atoms with Crippen LogP contribution >= 0.6 is 11.6 Å². The van der Waals surface area contributed by atoms with Gasteiger partial charge in [0.25, 0.3) is 5.69 Å². The molecule has 2 aromatic rings. The van der Waals surface area contributed by atoms with Gasteiger partial charge in [0.1, 0.15) is 18.2 Å². The van der Waals surface area contributed by atoms with Crippen LogP contribution in [0.1, 0.15) is 11.1 Å². The van der Waals surface area contributed by atoms with E-state index in [0.29, 0.717) is 11.3 Å². The van der Waals surface area contributed by atoms with E-state index in [1.165, 1.54) is 30.3 Å². The van der Waals surface area contributed by atoms with Crippen LogP contribution < -0.4 is 4.74 Å². The number of hydrogen-bond donors (Lipinski definition) is 0. The second-order valence-corrected chi connectivity index (χ2v) is 4.64. The molecule has 0 saturated carbocycles. The fourth-order valence-corrected chi connectivity index (χ4v) is 1.88. The van der Waals surface area contributed by atoms with Crippen LogP contribution in [0.2, 0.25) is 5.02 Å². The average molecular weight is 296 g/mol. The molecule has 20 heavy (non-hydrogen) atoms. The summed E-state index contributed by atoms with van der Waals surface area (Å²) in [6, 6.07) is 8.38. The van der Waals surface area contributed by atoms with E-state index in [4.69, 9.17) is 16.3 Å². The Labute approximate surface area is 119 Å². The van der Waals surface area contributed by atoms with Gasteiger partial charge in [-0.1, -0.05) is 17.7 Å². The Hall–Kier alpha value is -2.14. The molecule has 0 radical (unpaired) electrons. The molecule has 0 unspecified atom stereocenters. The topological polar surface area (TPSA) is 52.4 Å². The summed E-state index contributed by atoms with van der Waals surface area (Å²) in [7, 11) is 0. The number of nitro benzene ring substituents is 1. The van der Waals surface area contributed by atoms with Crippen molar-refractivity contribution in [3.8, 4) is 5.75 Å². The Kier molecular flexibility index (Phi) is 4.20. The molecule has 0 saturated heterocycles. The van der Waals surface area contributed by atoms with E-state index < -0.39 is 4.92 Å². The summed E-state index contributed by atoms with van der Waals surface area (Å²) in [5, 5.41) is 10.8. The Morgan fingerprint density at radius 2 is 2.05 bits per heavy atom. The molecule has 2 aromatic carbocycles. The zero-order chi connectivity index (χ0) is 14.7. The highest BCUT2D eigenvalue weighted by atomic mass is 35.5. The second-order valence-electron chi connectivity index (χ2n) is 4.23. The van der Waals surface area contributed by atoms with Gasteiger partial charge in [0, 0.05) is 23.8 Å². The lowest BCUT2D eigenvalue weighted by atomic mass is 10.2. The van der Waals surface area contributed by atoms with E-state index in [1.54, 1.807) is 13.0 Å². The van der Waals surface area contributed by atoms with Crippen LogP contribution in [0.4, 0.5) is 10.1 Å². The summed E-state index contributed by atoms with van der Waals surface area (Å²) in [5.41, 5.74) is 1.31. The van der Waals surface area contributed by atoms with Crippen molar-refractivity contribution in [3.63, 3.8) is 0 Å². The maximum Gasteiger partial charge on any atom is 0.270 e. The lowest BCUT2D eigenvalue weighted by molar-refractivity contribution is -0.384. The average Bonchev–Trinajstić information content (AvgIpc) is 2.40. The first-order valence-electron chi connectivity index (χ1n) is 5.79. The zero-order valence-corrected chi connectivity index (χ0v) is 11.4. The lowest BCUT2D eigenvalue weighted by Crippen LogP contribution is -1.99. The molecule has 0 N–H and O–H groups in total. The van der Waals surface area contributed by atoms with E-state index in [-0.39, 0.29) is 23.1 Å². The second kappa shape index (κ2) is 5.88. The summed E-state index contributed by atoms with van der Waals surface area (Å²) < 4.78 is 18.6. The van der Waals surface area contributed by atoms with Crippen LogP contribution in [0.3, 0.4) is 0 Å². The zero-order valence-electron chi connectivity index (χ0n) is 10.6. The third kappa shape index (κ3) is 3.24. The summed E-state index contributed by atoms with van der Waals surface area (Å²) >= 11 is 5.95. The summed E-state index contributed by atoms with van der Waals surface area (Å²) in [5.74, 6) is 0.0276. The molecule has 104 valence electrons. The number of nitrogens with zero attached hydrogens (tertiary/aromatic N) is 1. The first-order chi connectivity index (χ1) is 9.47. The molecular weight excluding hydrogens is 285 g/mol. The molecule has 0 bridgehead atoms. The normalized spacial score (nSPS) is 10.3. The minimum Gasteiger partial charge on any atom is -0.488 e. The molecule has 0 aliphatic rings. The molecule has 4 nitrogen and oxygen atoms in total. The van der Waals surface area contributed by atoms with Crippen LogP contribution in [-0.4, -0.2) is 4.92 Å². The van der Waals surface area contributed by atoms with Crippen molar-refractivity contribution in [3.05, 3.63) is 68.5 Å².